The highest BCUT2D eigenvalue weighted by atomic mass is 16.6. The largest absolute Gasteiger partial charge is 0.486 e. The molecule has 1 saturated heterocycles. The van der Waals surface area contributed by atoms with Crippen molar-refractivity contribution in [1.82, 2.24) is 15.1 Å². The van der Waals surface area contributed by atoms with Gasteiger partial charge in [-0.2, -0.15) is 5.10 Å². The molecule has 0 saturated carbocycles. The van der Waals surface area contributed by atoms with Gasteiger partial charge in [0.2, 0.25) is 5.91 Å². The van der Waals surface area contributed by atoms with Crippen molar-refractivity contribution in [3.8, 4) is 22.8 Å². The Balaban J connectivity index is 1.15. The van der Waals surface area contributed by atoms with Crippen molar-refractivity contribution in [3.63, 3.8) is 0 Å². The molecule has 7 heteroatoms. The minimum Gasteiger partial charge on any atom is -0.486 e. The molecule has 0 spiro atoms. The molecule has 0 aliphatic carbocycles. The van der Waals surface area contributed by atoms with E-state index in [0.717, 1.165) is 60.9 Å². The zero-order valence-corrected chi connectivity index (χ0v) is 17.3. The molecule has 7 nitrogen and oxygen atoms in total. The zero-order chi connectivity index (χ0) is 21.0. The Hall–Kier alpha value is -3.32. The van der Waals surface area contributed by atoms with E-state index in [-0.39, 0.29) is 11.8 Å². The minimum atomic E-state index is 0.0346. The lowest BCUT2D eigenvalue weighted by molar-refractivity contribution is -0.121. The van der Waals surface area contributed by atoms with Gasteiger partial charge in [-0.3, -0.25) is 14.8 Å². The van der Waals surface area contributed by atoms with Gasteiger partial charge in [-0.25, -0.2) is 0 Å². The average Bonchev–Trinajstić information content (AvgIpc) is 3.35. The number of carbonyl (C=O) groups is 1. The summed E-state index contributed by atoms with van der Waals surface area (Å²) in [6, 6.07) is 15.9. The number of aromatic nitrogens is 2. The van der Waals surface area contributed by atoms with Crippen LogP contribution in [0.1, 0.15) is 18.4 Å². The van der Waals surface area contributed by atoms with E-state index >= 15 is 0 Å². The predicted molar refractivity (Wildman–Crippen MR) is 118 cm³/mol. The number of aromatic amines is 1. The molecule has 0 radical (unpaired) electrons. The van der Waals surface area contributed by atoms with Crippen molar-refractivity contribution in [2.75, 3.05) is 31.6 Å². The number of fused-ring (bicyclic) bond motifs is 1. The Labute approximate surface area is 181 Å². The summed E-state index contributed by atoms with van der Waals surface area (Å²) in [7, 11) is 0. The van der Waals surface area contributed by atoms with Crippen LogP contribution in [0.15, 0.2) is 54.7 Å². The fourth-order valence-corrected chi connectivity index (χ4v) is 4.22. The predicted octanol–water partition coefficient (Wildman–Crippen LogP) is 3.70. The highest BCUT2D eigenvalue weighted by Crippen LogP contribution is 2.31. The fraction of sp³-hybridized carbons (Fsp3) is 0.333. The van der Waals surface area contributed by atoms with Crippen molar-refractivity contribution < 1.29 is 14.3 Å². The first kappa shape index (κ1) is 19.6. The van der Waals surface area contributed by atoms with Crippen molar-refractivity contribution >= 4 is 11.6 Å². The standard InChI is InChI=1S/C24H26N4O3/c29-24(26-20-3-1-2-19(15-20)21-6-9-25-27-21)18-7-10-28(11-8-18)16-17-4-5-22-23(14-17)31-13-12-30-22/h1-6,9,14-15,18H,7-8,10-13,16H2,(H,25,27)(H,26,29). The normalized spacial score (nSPS) is 16.8. The van der Waals surface area contributed by atoms with Gasteiger partial charge in [0.05, 0.1) is 5.69 Å². The summed E-state index contributed by atoms with van der Waals surface area (Å²) in [5, 5.41) is 10.0. The van der Waals surface area contributed by atoms with E-state index in [2.05, 4.69) is 32.5 Å². The smallest absolute Gasteiger partial charge is 0.227 e. The maximum atomic E-state index is 12.8. The first-order chi connectivity index (χ1) is 15.2. The van der Waals surface area contributed by atoms with Gasteiger partial charge in [-0.05, 0) is 61.8 Å². The van der Waals surface area contributed by atoms with E-state index in [1.165, 1.54) is 5.56 Å². The number of amides is 1. The Bertz CT molecular complexity index is 1040. The topological polar surface area (TPSA) is 79.5 Å². The average molecular weight is 418 g/mol. The summed E-state index contributed by atoms with van der Waals surface area (Å²) in [5.41, 5.74) is 3.96. The van der Waals surface area contributed by atoms with Crippen LogP contribution in [0.3, 0.4) is 0 Å². The van der Waals surface area contributed by atoms with Gasteiger partial charge in [0, 0.05) is 29.9 Å². The molecule has 2 aromatic carbocycles. The molecule has 31 heavy (non-hydrogen) atoms. The molecular weight excluding hydrogens is 392 g/mol. The number of carbonyl (C=O) groups excluding carboxylic acids is 1. The van der Waals surface area contributed by atoms with Crippen molar-refractivity contribution in [3.05, 3.63) is 60.3 Å². The molecule has 5 rings (SSSR count). The Kier molecular flexibility index (Phi) is 5.58. The summed E-state index contributed by atoms with van der Waals surface area (Å²) in [6.07, 6.45) is 3.44. The first-order valence-corrected chi connectivity index (χ1v) is 10.8. The molecule has 1 aromatic heterocycles. The number of benzene rings is 2. The molecular formula is C24H26N4O3. The SMILES string of the molecule is O=C(Nc1cccc(-c2ccn[nH]2)c1)C1CCN(Cc2ccc3c(c2)OCCO3)CC1. The summed E-state index contributed by atoms with van der Waals surface area (Å²) in [6.45, 7) is 3.87. The number of anilines is 1. The molecule has 0 unspecified atom stereocenters. The molecule has 160 valence electrons. The van der Waals surface area contributed by atoms with Crippen LogP contribution >= 0.6 is 0 Å². The molecule has 0 atom stereocenters. The third-order valence-corrected chi connectivity index (χ3v) is 5.91. The number of hydrogen-bond donors (Lipinski definition) is 2. The zero-order valence-electron chi connectivity index (χ0n) is 17.3. The molecule has 2 aliphatic heterocycles. The van der Waals surface area contributed by atoms with Gasteiger partial charge >= 0.3 is 0 Å². The fourth-order valence-electron chi connectivity index (χ4n) is 4.22. The minimum absolute atomic E-state index is 0.0346. The number of likely N-dealkylation sites (tertiary alicyclic amines) is 1. The van der Waals surface area contributed by atoms with Crippen molar-refractivity contribution in [2.45, 2.75) is 19.4 Å². The van der Waals surface area contributed by atoms with Crippen LogP contribution in [0.5, 0.6) is 11.5 Å². The van der Waals surface area contributed by atoms with E-state index in [1.807, 2.05) is 36.4 Å². The third kappa shape index (κ3) is 4.56. The van der Waals surface area contributed by atoms with Gasteiger partial charge in [0.1, 0.15) is 13.2 Å². The van der Waals surface area contributed by atoms with Crippen LogP contribution < -0.4 is 14.8 Å². The molecule has 3 heterocycles. The second kappa shape index (κ2) is 8.81. The van der Waals surface area contributed by atoms with Crippen LogP contribution in [0.4, 0.5) is 5.69 Å². The lowest BCUT2D eigenvalue weighted by Crippen LogP contribution is -2.37. The Morgan fingerprint density at radius 3 is 2.71 bits per heavy atom. The molecule has 2 N–H and O–H groups in total. The third-order valence-electron chi connectivity index (χ3n) is 5.91. The maximum absolute atomic E-state index is 12.8. The highest BCUT2D eigenvalue weighted by Gasteiger charge is 2.25. The van der Waals surface area contributed by atoms with Gasteiger partial charge in [-0.1, -0.05) is 18.2 Å². The molecule has 3 aromatic rings. The Morgan fingerprint density at radius 1 is 1.06 bits per heavy atom. The molecule has 1 fully saturated rings. The van der Waals surface area contributed by atoms with E-state index in [9.17, 15) is 4.79 Å². The van der Waals surface area contributed by atoms with Gasteiger partial charge in [0.25, 0.3) is 0 Å². The number of hydrogen-bond acceptors (Lipinski definition) is 5. The number of ether oxygens (including phenoxy) is 2. The summed E-state index contributed by atoms with van der Waals surface area (Å²) < 4.78 is 11.3. The second-order valence-electron chi connectivity index (χ2n) is 8.07. The number of nitrogens with one attached hydrogen (secondary N) is 2. The van der Waals surface area contributed by atoms with Crippen molar-refractivity contribution in [1.29, 1.82) is 0 Å². The molecule has 1 amide bonds. The molecule has 2 aliphatic rings. The van der Waals surface area contributed by atoms with Gasteiger partial charge in [0.15, 0.2) is 11.5 Å². The monoisotopic (exact) mass is 418 g/mol. The Morgan fingerprint density at radius 2 is 1.90 bits per heavy atom. The number of rotatable bonds is 5. The summed E-state index contributed by atoms with van der Waals surface area (Å²) in [4.78, 5) is 15.2. The molecule has 0 bridgehead atoms. The lowest BCUT2D eigenvalue weighted by Gasteiger charge is -2.31. The van der Waals surface area contributed by atoms with Crippen LogP contribution in [0.25, 0.3) is 11.3 Å². The van der Waals surface area contributed by atoms with Crippen LogP contribution in [0.2, 0.25) is 0 Å². The number of piperidine rings is 1. The van der Waals surface area contributed by atoms with Gasteiger partial charge < -0.3 is 14.8 Å². The van der Waals surface area contributed by atoms with Crippen LogP contribution in [-0.4, -0.2) is 47.3 Å². The number of nitrogens with zero attached hydrogens (tertiary/aromatic N) is 2. The summed E-state index contributed by atoms with van der Waals surface area (Å²) in [5.74, 6) is 1.78. The summed E-state index contributed by atoms with van der Waals surface area (Å²) >= 11 is 0. The number of H-pyrrole nitrogens is 1. The van der Waals surface area contributed by atoms with E-state index in [0.29, 0.717) is 13.2 Å². The quantitative estimate of drug-likeness (QED) is 0.661. The second-order valence-corrected chi connectivity index (χ2v) is 8.07. The van der Waals surface area contributed by atoms with E-state index in [1.54, 1.807) is 6.20 Å². The van der Waals surface area contributed by atoms with Gasteiger partial charge in [-0.15, -0.1) is 0 Å². The van der Waals surface area contributed by atoms with E-state index < -0.39 is 0 Å². The van der Waals surface area contributed by atoms with Crippen molar-refractivity contribution in [2.24, 2.45) is 5.92 Å². The van der Waals surface area contributed by atoms with E-state index in [4.69, 9.17) is 9.47 Å². The lowest BCUT2D eigenvalue weighted by atomic mass is 9.95. The highest BCUT2D eigenvalue weighted by molar-refractivity contribution is 5.93. The van der Waals surface area contributed by atoms with Crippen LogP contribution in [0, 0.1) is 5.92 Å². The first-order valence-electron chi connectivity index (χ1n) is 10.8. The van der Waals surface area contributed by atoms with Crippen LogP contribution in [-0.2, 0) is 11.3 Å². The maximum Gasteiger partial charge on any atom is 0.227 e.